The average Bonchev–Trinajstić information content (AvgIpc) is 3.10. The van der Waals surface area contributed by atoms with Crippen molar-refractivity contribution in [3.05, 3.63) is 137 Å². The second kappa shape index (κ2) is 16.8. The largest absolute Gasteiger partial charge is 0.493 e. The molecule has 2 aliphatic rings. The van der Waals surface area contributed by atoms with Crippen LogP contribution in [0, 0.1) is 29.1 Å². The first-order chi connectivity index (χ1) is 23.3. The lowest BCUT2D eigenvalue weighted by Crippen LogP contribution is -2.12. The third-order valence-electron chi connectivity index (χ3n) is 8.57. The molecule has 6 rings (SSSR count). The molecule has 3 heteroatoms. The summed E-state index contributed by atoms with van der Waals surface area (Å²) in [6.07, 6.45) is 13.8. The fourth-order valence-corrected chi connectivity index (χ4v) is 7.48. The molecule has 0 radical (unpaired) electrons. The van der Waals surface area contributed by atoms with Crippen LogP contribution in [0.3, 0.4) is 0 Å². The molecule has 0 saturated carbocycles. The lowest BCUT2D eigenvalue weighted by molar-refractivity contribution is 0.297. The lowest BCUT2D eigenvalue weighted by atomic mass is 9.78. The zero-order valence-electron chi connectivity index (χ0n) is 29.5. The van der Waals surface area contributed by atoms with Gasteiger partial charge in [0, 0.05) is 11.5 Å². The minimum absolute atomic E-state index is 0.272. The molecule has 2 atom stereocenters. The van der Waals surface area contributed by atoms with Gasteiger partial charge >= 0.3 is 0 Å². The second-order valence-electron chi connectivity index (χ2n) is 13.8. The molecule has 4 aromatic rings. The molecule has 4 aromatic carbocycles. The van der Waals surface area contributed by atoms with Crippen LogP contribution < -0.4 is 4.74 Å². The number of benzene rings is 4. The number of fused-ring (bicyclic) bond motifs is 2. The SMILES string of the molecule is CC(C)C.CCPC1=CCC2C=C(c3cccc(C#N)c3)C=CC2=C1c1c(OCCCC(C)C)ccc2cc(-c3ccccc3)ccc12. The molecular weight excluding hydrogens is 601 g/mol. The van der Waals surface area contributed by atoms with Crippen molar-refractivity contribution in [2.45, 2.75) is 60.8 Å². The molecule has 2 nitrogen and oxygen atoms in total. The Labute approximate surface area is 290 Å². The van der Waals surface area contributed by atoms with Crippen LogP contribution in [0.4, 0.5) is 0 Å². The fourth-order valence-electron chi connectivity index (χ4n) is 6.39. The van der Waals surface area contributed by atoms with Crippen molar-refractivity contribution in [3.63, 3.8) is 0 Å². The highest BCUT2D eigenvalue weighted by molar-refractivity contribution is 7.44. The van der Waals surface area contributed by atoms with Gasteiger partial charge in [-0.05, 0) is 111 Å². The number of hydrogen-bond donors (Lipinski definition) is 0. The van der Waals surface area contributed by atoms with Crippen molar-refractivity contribution in [1.82, 2.24) is 0 Å². The number of allylic oxidation sites excluding steroid dienone is 8. The monoisotopic (exact) mass is 651 g/mol. The van der Waals surface area contributed by atoms with Gasteiger partial charge in [0.2, 0.25) is 0 Å². The van der Waals surface area contributed by atoms with Gasteiger partial charge in [0.15, 0.2) is 0 Å². The molecule has 0 heterocycles. The smallest absolute Gasteiger partial charge is 0.127 e. The predicted octanol–water partition coefficient (Wildman–Crippen LogP) is 12.9. The molecule has 0 saturated heterocycles. The van der Waals surface area contributed by atoms with Crippen LogP contribution in [0.15, 0.2) is 120 Å². The third-order valence-corrected chi connectivity index (χ3v) is 9.76. The van der Waals surface area contributed by atoms with Gasteiger partial charge in [-0.25, -0.2) is 0 Å². The normalized spacial score (nSPS) is 15.7. The van der Waals surface area contributed by atoms with Gasteiger partial charge in [-0.1, -0.05) is 135 Å². The Morgan fingerprint density at radius 1 is 0.854 bits per heavy atom. The summed E-state index contributed by atoms with van der Waals surface area (Å²) in [5.74, 6) is 2.75. The maximum absolute atomic E-state index is 9.47. The van der Waals surface area contributed by atoms with Gasteiger partial charge in [0.25, 0.3) is 0 Å². The predicted molar refractivity (Wildman–Crippen MR) is 210 cm³/mol. The van der Waals surface area contributed by atoms with Crippen LogP contribution >= 0.6 is 8.58 Å². The van der Waals surface area contributed by atoms with Gasteiger partial charge < -0.3 is 4.74 Å². The molecule has 2 aliphatic carbocycles. The van der Waals surface area contributed by atoms with Crippen LogP contribution in [0.5, 0.6) is 5.75 Å². The first kappa shape index (κ1) is 35.1. The van der Waals surface area contributed by atoms with Crippen LogP contribution in [-0.4, -0.2) is 12.8 Å². The van der Waals surface area contributed by atoms with Crippen molar-refractivity contribution in [2.24, 2.45) is 17.8 Å². The third kappa shape index (κ3) is 8.64. The van der Waals surface area contributed by atoms with Crippen molar-refractivity contribution in [2.75, 3.05) is 12.8 Å². The summed E-state index contributed by atoms with van der Waals surface area (Å²) in [6, 6.07) is 32.2. The summed E-state index contributed by atoms with van der Waals surface area (Å²) < 4.78 is 6.66. The molecule has 0 N–H and O–H groups in total. The van der Waals surface area contributed by atoms with Gasteiger partial charge in [-0.2, -0.15) is 5.26 Å². The summed E-state index contributed by atoms with van der Waals surface area (Å²) in [6.45, 7) is 14.0. The van der Waals surface area contributed by atoms with Gasteiger partial charge in [0.1, 0.15) is 5.75 Å². The van der Waals surface area contributed by atoms with Gasteiger partial charge in [0.05, 0.1) is 18.2 Å². The minimum Gasteiger partial charge on any atom is -0.493 e. The molecule has 48 heavy (non-hydrogen) atoms. The Balaban J connectivity index is 0.00000107. The Hall–Kier alpha value is -4.18. The number of nitrogens with zero attached hydrogens (tertiary/aromatic N) is 1. The Morgan fingerprint density at radius 2 is 1.62 bits per heavy atom. The zero-order valence-corrected chi connectivity index (χ0v) is 30.5. The van der Waals surface area contributed by atoms with Crippen molar-refractivity contribution in [1.29, 1.82) is 5.26 Å². The zero-order chi connectivity index (χ0) is 34.0. The van der Waals surface area contributed by atoms with E-state index in [0.717, 1.165) is 57.8 Å². The Morgan fingerprint density at radius 3 is 2.35 bits per heavy atom. The van der Waals surface area contributed by atoms with Crippen LogP contribution in [0.2, 0.25) is 0 Å². The number of nitriles is 1. The molecule has 0 spiro atoms. The fraction of sp³-hybridized carbons (Fsp3) is 0.311. The summed E-state index contributed by atoms with van der Waals surface area (Å²) in [5, 5.41) is 13.4. The number of hydrogen-bond acceptors (Lipinski definition) is 2. The van der Waals surface area contributed by atoms with Gasteiger partial charge in [-0.15, -0.1) is 0 Å². The van der Waals surface area contributed by atoms with E-state index in [1.807, 2.05) is 18.2 Å². The summed E-state index contributed by atoms with van der Waals surface area (Å²) in [5.41, 5.74) is 9.37. The molecular formula is C45H50NOP. The lowest BCUT2D eigenvalue weighted by Gasteiger charge is -2.30. The molecule has 0 aliphatic heterocycles. The summed E-state index contributed by atoms with van der Waals surface area (Å²) >= 11 is 0. The average molecular weight is 652 g/mol. The van der Waals surface area contributed by atoms with Gasteiger partial charge in [-0.3, -0.25) is 0 Å². The maximum atomic E-state index is 9.47. The molecule has 0 fully saturated rings. The molecule has 0 bridgehead atoms. The Bertz CT molecular complexity index is 1880. The van der Waals surface area contributed by atoms with E-state index in [2.05, 4.69) is 139 Å². The van der Waals surface area contributed by atoms with Crippen LogP contribution in [0.25, 0.3) is 33.0 Å². The van der Waals surface area contributed by atoms with Crippen molar-refractivity contribution < 1.29 is 4.74 Å². The molecule has 2 unspecified atom stereocenters. The molecule has 0 amide bonds. The van der Waals surface area contributed by atoms with E-state index in [1.165, 1.54) is 49.5 Å². The number of rotatable bonds is 10. The van der Waals surface area contributed by atoms with E-state index in [0.29, 0.717) is 11.5 Å². The summed E-state index contributed by atoms with van der Waals surface area (Å²) in [4.78, 5) is 0. The first-order valence-corrected chi connectivity index (χ1v) is 18.8. The van der Waals surface area contributed by atoms with E-state index in [9.17, 15) is 5.26 Å². The van der Waals surface area contributed by atoms with Crippen molar-refractivity contribution >= 4 is 30.5 Å². The quantitative estimate of drug-likeness (QED) is 0.126. The van der Waals surface area contributed by atoms with E-state index < -0.39 is 0 Å². The highest BCUT2D eigenvalue weighted by Crippen LogP contribution is 2.51. The van der Waals surface area contributed by atoms with Crippen LogP contribution in [0.1, 0.15) is 77.5 Å². The highest BCUT2D eigenvalue weighted by atomic mass is 31.1. The number of ether oxygens (including phenoxy) is 1. The molecule has 0 aromatic heterocycles. The van der Waals surface area contributed by atoms with Crippen LogP contribution in [-0.2, 0) is 0 Å². The first-order valence-electron chi connectivity index (χ1n) is 17.6. The van der Waals surface area contributed by atoms with E-state index in [1.54, 1.807) is 0 Å². The second-order valence-corrected chi connectivity index (χ2v) is 15.4. The highest BCUT2D eigenvalue weighted by Gasteiger charge is 2.28. The standard InChI is InChI=1S/C41H40NOP.C4H10/c1-4-44-39-22-18-35-26-33(31-14-8-11-29(24-31)27-42)16-20-37(35)41(39)40-36-19-15-32(30-12-6-5-7-13-30)25-34(36)17-21-38(40)43-23-9-10-28(2)3;1-4(2)3/h5-8,11-17,19-22,24-26,28,35,44H,4,9-10,18,23H2,1-3H3;4H,1-3H3. The molecule has 246 valence electrons. The van der Waals surface area contributed by atoms with E-state index >= 15 is 0 Å². The van der Waals surface area contributed by atoms with E-state index in [4.69, 9.17) is 4.74 Å². The summed E-state index contributed by atoms with van der Waals surface area (Å²) in [7, 11) is 0.738. The maximum Gasteiger partial charge on any atom is 0.127 e. The Kier molecular flexibility index (Phi) is 12.3. The van der Waals surface area contributed by atoms with Crippen molar-refractivity contribution in [3.8, 4) is 22.9 Å². The topological polar surface area (TPSA) is 33.0 Å². The van der Waals surface area contributed by atoms with E-state index in [-0.39, 0.29) is 5.92 Å². The minimum atomic E-state index is 0.272.